The average molecular weight is 269 g/mol. The lowest BCUT2D eigenvalue weighted by Gasteiger charge is -2.04. The van der Waals surface area contributed by atoms with Crippen molar-refractivity contribution in [3.63, 3.8) is 0 Å². The quantitative estimate of drug-likeness (QED) is 0.440. The van der Waals surface area contributed by atoms with Gasteiger partial charge in [0, 0.05) is 5.39 Å². The third kappa shape index (κ3) is 2.03. The van der Waals surface area contributed by atoms with Crippen LogP contribution in [-0.2, 0) is 0 Å². The molecule has 0 atom stereocenters. The van der Waals surface area contributed by atoms with Crippen molar-refractivity contribution in [3.8, 4) is 5.69 Å². The lowest BCUT2D eigenvalue weighted by molar-refractivity contribution is 0.319. The number of benzene rings is 2. The van der Waals surface area contributed by atoms with Gasteiger partial charge < -0.3 is 5.21 Å². The molecule has 5 heteroatoms. The maximum atomic E-state index is 13.0. The van der Waals surface area contributed by atoms with Crippen molar-refractivity contribution in [1.82, 2.24) is 9.78 Å². The number of rotatable bonds is 2. The molecule has 0 saturated carbocycles. The Morgan fingerprint density at radius 2 is 1.95 bits per heavy atom. The summed E-state index contributed by atoms with van der Waals surface area (Å²) >= 11 is 0. The van der Waals surface area contributed by atoms with Crippen LogP contribution in [0.15, 0.2) is 53.8 Å². The van der Waals surface area contributed by atoms with E-state index in [0.29, 0.717) is 5.71 Å². The fourth-order valence-electron chi connectivity index (χ4n) is 2.10. The minimum Gasteiger partial charge on any atom is -0.411 e. The van der Waals surface area contributed by atoms with Gasteiger partial charge in [-0.2, -0.15) is 5.10 Å². The van der Waals surface area contributed by atoms with Gasteiger partial charge in [0.2, 0.25) is 0 Å². The minimum absolute atomic E-state index is 0.276. The Kier molecular flexibility index (Phi) is 2.95. The van der Waals surface area contributed by atoms with Gasteiger partial charge in [0.1, 0.15) is 5.82 Å². The van der Waals surface area contributed by atoms with E-state index in [1.54, 1.807) is 29.9 Å². The number of halogens is 1. The van der Waals surface area contributed by atoms with Crippen LogP contribution in [0, 0.1) is 5.82 Å². The third-order valence-corrected chi connectivity index (χ3v) is 3.21. The first kappa shape index (κ1) is 12.3. The van der Waals surface area contributed by atoms with Crippen molar-refractivity contribution in [3.05, 3.63) is 60.0 Å². The smallest absolute Gasteiger partial charge is 0.123 e. The molecule has 3 aromatic rings. The van der Waals surface area contributed by atoms with Gasteiger partial charge in [-0.05, 0) is 48.9 Å². The van der Waals surface area contributed by atoms with Gasteiger partial charge in [-0.1, -0.05) is 11.2 Å². The van der Waals surface area contributed by atoms with E-state index in [1.807, 2.05) is 18.2 Å². The highest BCUT2D eigenvalue weighted by Crippen LogP contribution is 2.20. The zero-order valence-electron chi connectivity index (χ0n) is 10.8. The molecule has 0 spiro atoms. The second kappa shape index (κ2) is 4.77. The van der Waals surface area contributed by atoms with Gasteiger partial charge in [0.15, 0.2) is 0 Å². The Hall–Kier alpha value is -2.69. The van der Waals surface area contributed by atoms with Crippen LogP contribution in [0.1, 0.15) is 12.5 Å². The zero-order chi connectivity index (χ0) is 14.1. The normalized spacial score (nSPS) is 12.0. The van der Waals surface area contributed by atoms with E-state index in [4.69, 9.17) is 5.21 Å². The zero-order valence-corrected chi connectivity index (χ0v) is 10.8. The monoisotopic (exact) mass is 269 g/mol. The van der Waals surface area contributed by atoms with Gasteiger partial charge in [0.05, 0.1) is 23.1 Å². The summed E-state index contributed by atoms with van der Waals surface area (Å²) < 4.78 is 14.7. The summed E-state index contributed by atoms with van der Waals surface area (Å²) in [5.74, 6) is -0.276. The second-order valence-corrected chi connectivity index (χ2v) is 4.49. The molecule has 1 heterocycles. The molecular formula is C15H12FN3O. The van der Waals surface area contributed by atoms with E-state index >= 15 is 0 Å². The van der Waals surface area contributed by atoms with Crippen molar-refractivity contribution in [2.45, 2.75) is 6.92 Å². The Bertz CT molecular complexity index is 790. The summed E-state index contributed by atoms with van der Waals surface area (Å²) in [6.07, 6.45) is 1.73. The lowest BCUT2D eigenvalue weighted by atomic mass is 10.1. The topological polar surface area (TPSA) is 50.4 Å². The number of nitrogens with zero attached hydrogens (tertiary/aromatic N) is 3. The van der Waals surface area contributed by atoms with Gasteiger partial charge in [0.25, 0.3) is 0 Å². The molecule has 0 amide bonds. The number of hydrogen-bond acceptors (Lipinski definition) is 3. The van der Waals surface area contributed by atoms with Crippen LogP contribution in [0.4, 0.5) is 4.39 Å². The van der Waals surface area contributed by atoms with Crippen LogP contribution in [-0.4, -0.2) is 20.7 Å². The van der Waals surface area contributed by atoms with Crippen molar-refractivity contribution in [1.29, 1.82) is 0 Å². The van der Waals surface area contributed by atoms with Crippen molar-refractivity contribution in [2.75, 3.05) is 0 Å². The highest BCUT2D eigenvalue weighted by Gasteiger charge is 2.07. The summed E-state index contributed by atoms with van der Waals surface area (Å²) in [6.45, 7) is 1.73. The van der Waals surface area contributed by atoms with Crippen LogP contribution in [0.2, 0.25) is 0 Å². The Morgan fingerprint density at radius 3 is 2.65 bits per heavy atom. The molecule has 1 N–H and O–H groups in total. The summed E-state index contributed by atoms with van der Waals surface area (Å²) in [6, 6.07) is 11.8. The van der Waals surface area contributed by atoms with E-state index in [1.165, 1.54) is 12.1 Å². The highest BCUT2D eigenvalue weighted by atomic mass is 19.1. The first-order valence-corrected chi connectivity index (χ1v) is 6.12. The molecule has 0 radical (unpaired) electrons. The standard InChI is InChI=1S/C15H12FN3O/c1-10(18-20)11-2-7-15-12(8-11)9-17-19(15)14-5-3-13(16)4-6-14/h2-9,20H,1H3/b18-10+. The van der Waals surface area contributed by atoms with E-state index in [2.05, 4.69) is 10.3 Å². The molecule has 0 aliphatic rings. The number of oxime groups is 1. The minimum atomic E-state index is -0.276. The van der Waals surface area contributed by atoms with Crippen molar-refractivity contribution in [2.24, 2.45) is 5.16 Å². The molecule has 0 bridgehead atoms. The molecular weight excluding hydrogens is 257 g/mol. The maximum Gasteiger partial charge on any atom is 0.123 e. The summed E-state index contributed by atoms with van der Waals surface area (Å²) in [4.78, 5) is 0. The molecule has 20 heavy (non-hydrogen) atoms. The predicted octanol–water partition coefficient (Wildman–Crippen LogP) is 3.36. The summed E-state index contributed by atoms with van der Waals surface area (Å²) in [5, 5.41) is 17.2. The Balaban J connectivity index is 2.12. The SMILES string of the molecule is C/C(=N\O)c1ccc2c(cnn2-c2ccc(F)cc2)c1. The van der Waals surface area contributed by atoms with E-state index in [0.717, 1.165) is 22.2 Å². The van der Waals surface area contributed by atoms with Crippen LogP contribution in [0.25, 0.3) is 16.6 Å². The van der Waals surface area contributed by atoms with Gasteiger partial charge >= 0.3 is 0 Å². The molecule has 0 aliphatic heterocycles. The number of hydrogen-bond donors (Lipinski definition) is 1. The predicted molar refractivity (Wildman–Crippen MR) is 75.0 cm³/mol. The Morgan fingerprint density at radius 1 is 1.20 bits per heavy atom. The fraction of sp³-hybridized carbons (Fsp3) is 0.0667. The Labute approximate surface area is 114 Å². The molecule has 0 aliphatic carbocycles. The van der Waals surface area contributed by atoms with E-state index in [9.17, 15) is 4.39 Å². The van der Waals surface area contributed by atoms with Crippen molar-refractivity contribution >= 4 is 16.6 Å². The maximum absolute atomic E-state index is 13.0. The molecule has 0 saturated heterocycles. The van der Waals surface area contributed by atoms with E-state index < -0.39 is 0 Å². The van der Waals surface area contributed by atoms with Crippen LogP contribution < -0.4 is 0 Å². The van der Waals surface area contributed by atoms with Crippen LogP contribution >= 0.6 is 0 Å². The van der Waals surface area contributed by atoms with Crippen molar-refractivity contribution < 1.29 is 9.60 Å². The molecule has 2 aromatic carbocycles. The molecule has 1 aromatic heterocycles. The van der Waals surface area contributed by atoms with Gasteiger partial charge in [-0.25, -0.2) is 9.07 Å². The van der Waals surface area contributed by atoms with E-state index in [-0.39, 0.29) is 5.82 Å². The summed E-state index contributed by atoms with van der Waals surface area (Å²) in [5.41, 5.74) is 3.08. The second-order valence-electron chi connectivity index (χ2n) is 4.49. The molecule has 3 rings (SSSR count). The number of fused-ring (bicyclic) bond motifs is 1. The first-order chi connectivity index (χ1) is 9.69. The number of aromatic nitrogens is 2. The highest BCUT2D eigenvalue weighted by molar-refractivity contribution is 6.01. The van der Waals surface area contributed by atoms with Crippen LogP contribution in [0.5, 0.6) is 0 Å². The molecule has 100 valence electrons. The third-order valence-electron chi connectivity index (χ3n) is 3.21. The molecule has 0 unspecified atom stereocenters. The largest absolute Gasteiger partial charge is 0.411 e. The lowest BCUT2D eigenvalue weighted by Crippen LogP contribution is -1.97. The van der Waals surface area contributed by atoms with Gasteiger partial charge in [-0.3, -0.25) is 0 Å². The van der Waals surface area contributed by atoms with Crippen LogP contribution in [0.3, 0.4) is 0 Å². The first-order valence-electron chi connectivity index (χ1n) is 6.12. The average Bonchev–Trinajstić information content (AvgIpc) is 2.90. The molecule has 4 nitrogen and oxygen atoms in total. The van der Waals surface area contributed by atoms with Gasteiger partial charge in [-0.15, -0.1) is 0 Å². The molecule has 0 fully saturated rings. The summed E-state index contributed by atoms with van der Waals surface area (Å²) in [7, 11) is 0. The fourth-order valence-corrected chi connectivity index (χ4v) is 2.10.